The van der Waals surface area contributed by atoms with Crippen LogP contribution in [0.2, 0.25) is 0 Å². The predicted molar refractivity (Wildman–Crippen MR) is 134 cm³/mol. The van der Waals surface area contributed by atoms with Crippen molar-refractivity contribution in [3.8, 4) is 5.75 Å². The maximum Gasteiger partial charge on any atom is 0.125 e. The molecule has 0 heterocycles. The second kappa shape index (κ2) is 16.4. The van der Waals surface area contributed by atoms with E-state index in [9.17, 15) is 0 Å². The fraction of sp³-hybridized carbons (Fsp3) is 0.391. The van der Waals surface area contributed by atoms with E-state index in [-0.39, 0.29) is 31.4 Å². The first kappa shape index (κ1) is 28.7. The first-order valence-electron chi connectivity index (χ1n) is 10.1. The van der Waals surface area contributed by atoms with Gasteiger partial charge in [-0.2, -0.15) is 0 Å². The Labute approximate surface area is 197 Å². The Morgan fingerprint density at radius 1 is 0.742 bits per heavy atom. The molecule has 5 N–H and O–H groups in total. The summed E-state index contributed by atoms with van der Waals surface area (Å²) in [4.78, 5) is 8.89. The largest absolute Gasteiger partial charge is 0.497 e. The van der Waals surface area contributed by atoms with Crippen molar-refractivity contribution < 1.29 is 9.84 Å². The Bertz CT molecular complexity index is 727. The molecule has 0 saturated carbocycles. The number of aliphatic hydroxyl groups excluding tert-OH is 1. The van der Waals surface area contributed by atoms with Crippen LogP contribution in [0.15, 0.2) is 58.5 Å². The van der Waals surface area contributed by atoms with Crippen molar-refractivity contribution in [2.45, 2.75) is 38.7 Å². The van der Waals surface area contributed by atoms with Gasteiger partial charge in [-0.25, -0.2) is 0 Å². The third-order valence-corrected chi connectivity index (χ3v) is 4.70. The highest BCUT2D eigenvalue weighted by Crippen LogP contribution is 2.11. The molecule has 0 amide bonds. The van der Waals surface area contributed by atoms with Crippen molar-refractivity contribution in [3.63, 3.8) is 0 Å². The second-order valence-corrected chi connectivity index (χ2v) is 6.89. The molecule has 2 rings (SSSR count). The van der Waals surface area contributed by atoms with E-state index in [2.05, 4.69) is 9.98 Å². The van der Waals surface area contributed by atoms with Gasteiger partial charge in [0.05, 0.1) is 13.7 Å². The predicted octanol–water partition coefficient (Wildman–Crippen LogP) is 4.09. The van der Waals surface area contributed by atoms with Gasteiger partial charge < -0.3 is 21.3 Å². The molecule has 0 spiro atoms. The van der Waals surface area contributed by atoms with Gasteiger partial charge in [0.15, 0.2) is 0 Å². The van der Waals surface area contributed by atoms with Gasteiger partial charge in [0.1, 0.15) is 17.4 Å². The Balaban J connectivity index is 0.00000450. The second-order valence-electron chi connectivity index (χ2n) is 6.89. The summed E-state index contributed by atoms with van der Waals surface area (Å²) in [5.41, 5.74) is 14.7. The van der Waals surface area contributed by atoms with Crippen LogP contribution in [0, 0.1) is 0 Å². The van der Waals surface area contributed by atoms with Gasteiger partial charge in [-0.15, -0.1) is 24.8 Å². The monoisotopic (exact) mass is 468 g/mol. The number of aliphatic imine (C=N–C) groups is 2. The number of nitrogens with two attached hydrogens (primary N) is 2. The highest BCUT2D eigenvalue weighted by Gasteiger charge is 2.00. The van der Waals surface area contributed by atoms with Crippen molar-refractivity contribution in [2.24, 2.45) is 21.5 Å². The lowest BCUT2D eigenvalue weighted by Gasteiger charge is -2.04. The fourth-order valence-electron chi connectivity index (χ4n) is 2.88. The average molecular weight is 469 g/mol. The summed E-state index contributed by atoms with van der Waals surface area (Å²) in [5, 5.41) is 9.06. The Kier molecular flexibility index (Phi) is 15.2. The molecular formula is C23H34Cl2N4O2. The van der Waals surface area contributed by atoms with Crippen LogP contribution in [0.4, 0.5) is 0 Å². The van der Waals surface area contributed by atoms with E-state index < -0.39 is 0 Å². The van der Waals surface area contributed by atoms with Gasteiger partial charge in [0.25, 0.3) is 0 Å². The van der Waals surface area contributed by atoms with Crippen LogP contribution in [0.1, 0.15) is 48.8 Å². The number of hydrogen-bond donors (Lipinski definition) is 3. The minimum atomic E-state index is 0. The van der Waals surface area contributed by atoms with Crippen LogP contribution in [-0.4, -0.2) is 37.0 Å². The fourth-order valence-corrected chi connectivity index (χ4v) is 2.88. The molecule has 172 valence electrons. The van der Waals surface area contributed by atoms with E-state index in [0.29, 0.717) is 11.7 Å². The smallest absolute Gasteiger partial charge is 0.125 e. The van der Waals surface area contributed by atoms with Gasteiger partial charge in [-0.05, 0) is 42.7 Å². The van der Waals surface area contributed by atoms with E-state index in [1.54, 1.807) is 7.11 Å². The Hall–Kier alpha value is -2.28. The zero-order valence-corrected chi connectivity index (χ0v) is 19.6. The molecule has 8 heteroatoms. The molecule has 2 aromatic rings. The normalized spacial score (nSPS) is 11.4. The molecule has 31 heavy (non-hydrogen) atoms. The summed E-state index contributed by atoms with van der Waals surface area (Å²) in [6, 6.07) is 15.1. The molecule has 0 atom stereocenters. The van der Waals surface area contributed by atoms with Gasteiger partial charge in [-0.3, -0.25) is 9.98 Å². The highest BCUT2D eigenvalue weighted by atomic mass is 35.5. The van der Waals surface area contributed by atoms with Crippen LogP contribution in [-0.2, 0) is 6.61 Å². The zero-order valence-electron chi connectivity index (χ0n) is 18.0. The number of hydrogen-bond acceptors (Lipinski definition) is 4. The quantitative estimate of drug-likeness (QED) is 0.247. The molecule has 0 aliphatic heterocycles. The van der Waals surface area contributed by atoms with Crippen molar-refractivity contribution in [3.05, 3.63) is 65.2 Å². The number of unbranched alkanes of at least 4 members (excludes halogenated alkanes) is 4. The number of halogens is 2. The third-order valence-electron chi connectivity index (χ3n) is 4.70. The number of benzene rings is 2. The number of rotatable bonds is 12. The van der Waals surface area contributed by atoms with Crippen LogP contribution in [0.25, 0.3) is 0 Å². The number of ether oxygens (including phenoxy) is 1. The average Bonchev–Trinajstić information content (AvgIpc) is 2.77. The molecule has 0 aromatic heterocycles. The maximum absolute atomic E-state index is 9.06. The minimum absolute atomic E-state index is 0. The van der Waals surface area contributed by atoms with E-state index in [0.717, 1.165) is 67.6 Å². The van der Waals surface area contributed by atoms with E-state index in [1.807, 2.05) is 48.5 Å². The number of amidine groups is 2. The number of methoxy groups -OCH3 is 1. The van der Waals surface area contributed by atoms with E-state index in [4.69, 9.17) is 21.3 Å². The molecule has 0 bridgehead atoms. The summed E-state index contributed by atoms with van der Waals surface area (Å²) in [6.07, 6.45) is 5.45. The summed E-state index contributed by atoms with van der Waals surface area (Å²) in [5.74, 6) is 1.94. The standard InChI is InChI=1S/C23H32N4O2.2ClH/c1-29-21-13-11-20(12-14-21)23(25)27-16-6-4-2-3-5-15-26-22(24)19-9-7-18(17-28)8-10-19;;/h7-14,28H,2-6,15-17H2,1H3,(H2,24,26)(H2,25,27);2*1H. The lowest BCUT2D eigenvalue weighted by atomic mass is 10.1. The molecule has 2 aromatic carbocycles. The van der Waals surface area contributed by atoms with Crippen molar-refractivity contribution in [1.82, 2.24) is 0 Å². The summed E-state index contributed by atoms with van der Waals surface area (Å²) in [6.45, 7) is 1.51. The van der Waals surface area contributed by atoms with Gasteiger partial charge in [0.2, 0.25) is 0 Å². The van der Waals surface area contributed by atoms with E-state index >= 15 is 0 Å². The van der Waals surface area contributed by atoms with Crippen LogP contribution in [0.3, 0.4) is 0 Å². The first-order valence-corrected chi connectivity index (χ1v) is 10.1. The van der Waals surface area contributed by atoms with Gasteiger partial charge >= 0.3 is 0 Å². The molecular weight excluding hydrogens is 435 g/mol. The number of nitrogens with zero attached hydrogens (tertiary/aromatic N) is 2. The van der Waals surface area contributed by atoms with Crippen molar-refractivity contribution in [2.75, 3.05) is 20.2 Å². The molecule has 0 unspecified atom stereocenters. The van der Waals surface area contributed by atoms with Crippen molar-refractivity contribution in [1.29, 1.82) is 0 Å². The lowest BCUT2D eigenvalue weighted by molar-refractivity contribution is 0.282. The first-order chi connectivity index (χ1) is 14.1. The van der Waals surface area contributed by atoms with Crippen LogP contribution < -0.4 is 16.2 Å². The zero-order chi connectivity index (χ0) is 20.9. The van der Waals surface area contributed by atoms with Gasteiger partial charge in [0, 0.05) is 24.2 Å². The Morgan fingerprint density at radius 3 is 1.58 bits per heavy atom. The summed E-state index contributed by atoms with van der Waals surface area (Å²) in [7, 11) is 1.64. The van der Waals surface area contributed by atoms with Crippen LogP contribution >= 0.6 is 24.8 Å². The SMILES string of the molecule is COc1ccc(C(N)=NCCCCCCCN=C(N)c2ccc(CO)cc2)cc1.Cl.Cl. The lowest BCUT2D eigenvalue weighted by Crippen LogP contribution is -2.14. The summed E-state index contributed by atoms with van der Waals surface area (Å²) >= 11 is 0. The maximum atomic E-state index is 9.06. The number of aliphatic hydroxyl groups is 1. The summed E-state index contributed by atoms with van der Waals surface area (Å²) < 4.78 is 5.14. The van der Waals surface area contributed by atoms with Crippen LogP contribution in [0.5, 0.6) is 5.75 Å². The molecule has 0 radical (unpaired) electrons. The van der Waals surface area contributed by atoms with Gasteiger partial charge in [-0.1, -0.05) is 43.5 Å². The third kappa shape index (κ3) is 10.5. The highest BCUT2D eigenvalue weighted by molar-refractivity contribution is 5.98. The van der Waals surface area contributed by atoms with E-state index in [1.165, 1.54) is 0 Å². The molecule has 6 nitrogen and oxygen atoms in total. The molecule has 0 aliphatic carbocycles. The molecule has 0 fully saturated rings. The Morgan fingerprint density at radius 2 is 1.16 bits per heavy atom. The topological polar surface area (TPSA) is 106 Å². The van der Waals surface area contributed by atoms with Crippen molar-refractivity contribution >= 4 is 36.5 Å². The molecule has 0 saturated heterocycles. The minimum Gasteiger partial charge on any atom is -0.497 e. The molecule has 0 aliphatic rings.